The zero-order valence-electron chi connectivity index (χ0n) is 15.4. The molecule has 1 aromatic rings. The van der Waals surface area contributed by atoms with Gasteiger partial charge in [0.25, 0.3) is 0 Å². The van der Waals surface area contributed by atoms with Gasteiger partial charge in [0.2, 0.25) is 0 Å². The summed E-state index contributed by atoms with van der Waals surface area (Å²) in [6.07, 6.45) is -0.532. The lowest BCUT2D eigenvalue weighted by atomic mass is 10.0. The molecule has 6 nitrogen and oxygen atoms in total. The Labute approximate surface area is 153 Å². The molecular formula is C19H24FN3O3. The molecule has 0 radical (unpaired) electrons. The zero-order chi connectivity index (χ0) is 18.9. The van der Waals surface area contributed by atoms with Gasteiger partial charge in [-0.3, -0.25) is 4.90 Å². The lowest BCUT2D eigenvalue weighted by Crippen LogP contribution is -2.60. The molecule has 1 amide bonds. The van der Waals surface area contributed by atoms with E-state index in [9.17, 15) is 9.18 Å². The van der Waals surface area contributed by atoms with Crippen LogP contribution in [0.1, 0.15) is 38.0 Å². The van der Waals surface area contributed by atoms with Crippen LogP contribution in [0.25, 0.3) is 0 Å². The van der Waals surface area contributed by atoms with E-state index in [-0.39, 0.29) is 23.8 Å². The number of morpholine rings is 1. The predicted octanol–water partition coefficient (Wildman–Crippen LogP) is 2.69. The lowest BCUT2D eigenvalue weighted by molar-refractivity contribution is -0.0907. The average Bonchev–Trinajstić information content (AvgIpc) is 2.59. The highest BCUT2D eigenvalue weighted by Crippen LogP contribution is 2.28. The number of nitrogens with zero attached hydrogens (tertiary/aromatic N) is 3. The van der Waals surface area contributed by atoms with Gasteiger partial charge >= 0.3 is 6.09 Å². The Bertz CT molecular complexity index is 726. The van der Waals surface area contributed by atoms with Crippen LogP contribution in [0.15, 0.2) is 18.2 Å². The molecule has 2 aliphatic rings. The number of hydrogen-bond donors (Lipinski definition) is 0. The average molecular weight is 361 g/mol. The second-order valence-electron chi connectivity index (χ2n) is 7.75. The van der Waals surface area contributed by atoms with Crippen LogP contribution in [0.3, 0.4) is 0 Å². The molecule has 0 aliphatic carbocycles. The Hall–Kier alpha value is -2.17. The van der Waals surface area contributed by atoms with Crippen molar-refractivity contribution in [2.24, 2.45) is 0 Å². The minimum atomic E-state index is -0.523. The molecule has 7 heteroatoms. The SMILES string of the molecule is CC(C)(C)OC(=O)N1CCN2C[C@@H](c3ccc(C#N)c(F)c3)OC[C@@H]2C1. The monoisotopic (exact) mass is 361 g/mol. The molecule has 2 atom stereocenters. The van der Waals surface area contributed by atoms with Gasteiger partial charge < -0.3 is 14.4 Å². The largest absolute Gasteiger partial charge is 0.444 e. The molecule has 3 rings (SSSR count). The highest BCUT2D eigenvalue weighted by Gasteiger charge is 2.36. The molecule has 2 aliphatic heterocycles. The number of halogens is 1. The first-order valence-corrected chi connectivity index (χ1v) is 8.80. The molecule has 1 aromatic carbocycles. The summed E-state index contributed by atoms with van der Waals surface area (Å²) < 4.78 is 25.2. The summed E-state index contributed by atoms with van der Waals surface area (Å²) in [5, 5.41) is 8.84. The maximum atomic E-state index is 13.9. The first-order valence-electron chi connectivity index (χ1n) is 8.80. The number of carbonyl (C=O) groups is 1. The van der Waals surface area contributed by atoms with Crippen LogP contribution < -0.4 is 0 Å². The Balaban J connectivity index is 1.61. The Morgan fingerprint density at radius 2 is 2.12 bits per heavy atom. The van der Waals surface area contributed by atoms with Gasteiger partial charge in [-0.05, 0) is 38.5 Å². The number of nitriles is 1. The first-order chi connectivity index (χ1) is 12.3. The van der Waals surface area contributed by atoms with E-state index < -0.39 is 11.4 Å². The summed E-state index contributed by atoms with van der Waals surface area (Å²) in [5.41, 5.74) is 0.255. The second-order valence-corrected chi connectivity index (χ2v) is 7.75. The zero-order valence-corrected chi connectivity index (χ0v) is 15.4. The molecule has 26 heavy (non-hydrogen) atoms. The number of amides is 1. The van der Waals surface area contributed by atoms with Crippen molar-refractivity contribution in [2.75, 3.05) is 32.8 Å². The van der Waals surface area contributed by atoms with Crippen LogP contribution in [0.4, 0.5) is 9.18 Å². The number of hydrogen-bond acceptors (Lipinski definition) is 5. The number of benzene rings is 1. The van der Waals surface area contributed by atoms with E-state index in [1.807, 2.05) is 26.8 Å². The number of piperazine rings is 1. The fourth-order valence-electron chi connectivity index (χ4n) is 3.30. The summed E-state index contributed by atoms with van der Waals surface area (Å²) in [6, 6.07) is 6.54. The van der Waals surface area contributed by atoms with Crippen LogP contribution in [-0.2, 0) is 9.47 Å². The van der Waals surface area contributed by atoms with Crippen LogP contribution in [0.2, 0.25) is 0 Å². The van der Waals surface area contributed by atoms with Crippen LogP contribution in [-0.4, -0.2) is 60.3 Å². The standard InChI is InChI=1S/C19H24FN3O3/c1-19(2,3)26-18(24)23-7-6-22-11-17(25-12-15(22)10-23)13-4-5-14(9-21)16(20)8-13/h4-5,8,15,17H,6-7,10-12H2,1-3H3/t15-,17-/m0/s1. The number of fused-ring (bicyclic) bond motifs is 1. The quantitative estimate of drug-likeness (QED) is 0.769. The predicted molar refractivity (Wildman–Crippen MR) is 93.0 cm³/mol. The van der Waals surface area contributed by atoms with Gasteiger partial charge in [-0.1, -0.05) is 6.07 Å². The van der Waals surface area contributed by atoms with Gasteiger partial charge in [0.15, 0.2) is 0 Å². The Morgan fingerprint density at radius 1 is 1.35 bits per heavy atom. The third-order valence-corrected chi connectivity index (χ3v) is 4.63. The highest BCUT2D eigenvalue weighted by atomic mass is 19.1. The molecule has 0 bridgehead atoms. The van der Waals surface area contributed by atoms with Gasteiger partial charge in [-0.2, -0.15) is 5.26 Å². The topological polar surface area (TPSA) is 65.8 Å². The minimum absolute atomic E-state index is 0.0356. The van der Waals surface area contributed by atoms with E-state index in [1.54, 1.807) is 11.0 Å². The first kappa shape index (κ1) is 18.6. The van der Waals surface area contributed by atoms with Crippen LogP contribution in [0.5, 0.6) is 0 Å². The summed E-state index contributed by atoms with van der Waals surface area (Å²) >= 11 is 0. The van der Waals surface area contributed by atoms with Crippen molar-refractivity contribution in [2.45, 2.75) is 38.5 Å². The fraction of sp³-hybridized carbons (Fsp3) is 0.579. The molecule has 2 fully saturated rings. The van der Waals surface area contributed by atoms with Gasteiger partial charge in [0.05, 0.1) is 24.3 Å². The van der Waals surface area contributed by atoms with Gasteiger partial charge in [-0.25, -0.2) is 9.18 Å². The van der Waals surface area contributed by atoms with Gasteiger partial charge in [0.1, 0.15) is 17.5 Å². The third kappa shape index (κ3) is 4.14. The summed E-state index contributed by atoms with van der Waals surface area (Å²) in [4.78, 5) is 16.2. The molecule has 0 aromatic heterocycles. The second kappa shape index (κ2) is 7.22. The summed E-state index contributed by atoms with van der Waals surface area (Å²) in [7, 11) is 0. The fourth-order valence-corrected chi connectivity index (χ4v) is 3.30. The summed E-state index contributed by atoms with van der Waals surface area (Å²) in [6.45, 7) is 8.54. The molecule has 2 saturated heterocycles. The van der Waals surface area contributed by atoms with E-state index in [4.69, 9.17) is 14.7 Å². The molecule has 0 saturated carbocycles. The molecular weight excluding hydrogens is 337 g/mol. The van der Waals surface area contributed by atoms with Crippen molar-refractivity contribution < 1.29 is 18.7 Å². The van der Waals surface area contributed by atoms with E-state index in [0.29, 0.717) is 26.2 Å². The number of rotatable bonds is 1. The lowest BCUT2D eigenvalue weighted by Gasteiger charge is -2.46. The van der Waals surface area contributed by atoms with Crippen molar-refractivity contribution >= 4 is 6.09 Å². The van der Waals surface area contributed by atoms with E-state index >= 15 is 0 Å². The normalized spacial score (nSPS) is 23.9. The van der Waals surface area contributed by atoms with Crippen molar-refractivity contribution in [3.05, 3.63) is 35.1 Å². The maximum absolute atomic E-state index is 13.9. The van der Waals surface area contributed by atoms with Crippen molar-refractivity contribution in [3.63, 3.8) is 0 Å². The van der Waals surface area contributed by atoms with E-state index in [1.165, 1.54) is 12.1 Å². The van der Waals surface area contributed by atoms with Crippen molar-refractivity contribution in [1.82, 2.24) is 9.80 Å². The third-order valence-electron chi connectivity index (χ3n) is 4.63. The summed E-state index contributed by atoms with van der Waals surface area (Å²) in [5.74, 6) is -0.523. The van der Waals surface area contributed by atoms with Crippen LogP contribution in [0, 0.1) is 17.1 Å². The van der Waals surface area contributed by atoms with Crippen LogP contribution >= 0.6 is 0 Å². The molecule has 140 valence electrons. The highest BCUT2D eigenvalue weighted by molar-refractivity contribution is 5.68. The molecule has 2 heterocycles. The molecule has 0 N–H and O–H groups in total. The smallest absolute Gasteiger partial charge is 0.410 e. The van der Waals surface area contributed by atoms with E-state index in [0.717, 1.165) is 12.1 Å². The van der Waals surface area contributed by atoms with E-state index in [2.05, 4.69) is 4.90 Å². The Morgan fingerprint density at radius 3 is 2.77 bits per heavy atom. The van der Waals surface area contributed by atoms with Crippen molar-refractivity contribution in [3.8, 4) is 6.07 Å². The minimum Gasteiger partial charge on any atom is -0.444 e. The Kier molecular flexibility index (Phi) is 5.17. The number of carbonyl (C=O) groups excluding carboxylic acids is 1. The van der Waals surface area contributed by atoms with Crippen molar-refractivity contribution in [1.29, 1.82) is 5.26 Å². The van der Waals surface area contributed by atoms with Gasteiger partial charge in [-0.15, -0.1) is 0 Å². The molecule has 0 spiro atoms. The number of ether oxygens (including phenoxy) is 2. The maximum Gasteiger partial charge on any atom is 0.410 e. The molecule has 0 unspecified atom stereocenters. The van der Waals surface area contributed by atoms with Gasteiger partial charge in [0, 0.05) is 26.2 Å².